The predicted octanol–water partition coefficient (Wildman–Crippen LogP) is 3.45. The van der Waals surface area contributed by atoms with Crippen LogP contribution in [0.15, 0.2) is 33.6 Å². The van der Waals surface area contributed by atoms with E-state index in [1.165, 1.54) is 38.5 Å². The van der Waals surface area contributed by atoms with Crippen LogP contribution in [0.1, 0.15) is 44.9 Å². The summed E-state index contributed by atoms with van der Waals surface area (Å²) < 4.78 is 27.8. The van der Waals surface area contributed by atoms with Crippen molar-refractivity contribution in [3.8, 4) is 0 Å². The minimum atomic E-state index is -3.58. The van der Waals surface area contributed by atoms with Crippen molar-refractivity contribution in [3.63, 3.8) is 0 Å². The summed E-state index contributed by atoms with van der Waals surface area (Å²) in [4.78, 5) is 12.5. The molecule has 0 radical (unpaired) electrons. The van der Waals surface area contributed by atoms with E-state index in [0.29, 0.717) is 5.41 Å². The molecule has 0 unspecified atom stereocenters. The molecule has 7 heteroatoms. The molecule has 1 amide bonds. The van der Waals surface area contributed by atoms with Crippen molar-refractivity contribution in [3.05, 3.63) is 28.7 Å². The fourth-order valence-electron chi connectivity index (χ4n) is 5.88. The highest BCUT2D eigenvalue weighted by Crippen LogP contribution is 2.59. The second-order valence-electron chi connectivity index (χ2n) is 8.80. The maximum absolute atomic E-state index is 12.3. The topological polar surface area (TPSA) is 75.3 Å². The van der Waals surface area contributed by atoms with E-state index >= 15 is 0 Å². The number of benzene rings is 1. The van der Waals surface area contributed by atoms with E-state index in [-0.39, 0.29) is 23.8 Å². The zero-order valence-electron chi connectivity index (χ0n) is 15.4. The average Bonchev–Trinajstić information content (AvgIpc) is 2.59. The molecule has 4 saturated carbocycles. The number of carbonyl (C=O) groups is 1. The maximum Gasteiger partial charge on any atom is 0.240 e. The lowest BCUT2D eigenvalue weighted by Crippen LogP contribution is -2.51. The van der Waals surface area contributed by atoms with Crippen LogP contribution in [0.2, 0.25) is 0 Å². The van der Waals surface area contributed by atoms with Gasteiger partial charge in [0.1, 0.15) is 0 Å². The second-order valence-corrected chi connectivity index (χ2v) is 11.5. The third-order valence-electron chi connectivity index (χ3n) is 6.59. The quantitative estimate of drug-likeness (QED) is 0.662. The van der Waals surface area contributed by atoms with Crippen LogP contribution >= 0.6 is 15.9 Å². The molecule has 4 aliphatic rings. The van der Waals surface area contributed by atoms with Crippen molar-refractivity contribution >= 4 is 31.9 Å². The lowest BCUT2D eigenvalue weighted by Gasteiger charge is -2.56. The fraction of sp³-hybridized carbons (Fsp3) is 0.650. The molecular formula is C20H27BrN2O3S. The van der Waals surface area contributed by atoms with Crippen molar-refractivity contribution in [2.45, 2.75) is 49.8 Å². The van der Waals surface area contributed by atoms with E-state index in [4.69, 9.17) is 0 Å². The zero-order chi connectivity index (χ0) is 19.1. The van der Waals surface area contributed by atoms with Crippen molar-refractivity contribution in [2.75, 3.05) is 13.1 Å². The van der Waals surface area contributed by atoms with Crippen LogP contribution in [0.3, 0.4) is 0 Å². The van der Waals surface area contributed by atoms with E-state index < -0.39 is 10.0 Å². The van der Waals surface area contributed by atoms with Gasteiger partial charge >= 0.3 is 0 Å². The van der Waals surface area contributed by atoms with E-state index in [2.05, 4.69) is 26.0 Å². The van der Waals surface area contributed by atoms with Gasteiger partial charge in [0, 0.05) is 24.0 Å². The molecule has 0 saturated heterocycles. The van der Waals surface area contributed by atoms with Crippen LogP contribution in [0.4, 0.5) is 0 Å². The fourth-order valence-corrected chi connectivity index (χ4v) is 7.17. The number of sulfonamides is 1. The van der Waals surface area contributed by atoms with Crippen LogP contribution in [0, 0.1) is 23.2 Å². The van der Waals surface area contributed by atoms with Crippen LogP contribution in [0.5, 0.6) is 0 Å². The van der Waals surface area contributed by atoms with E-state index in [0.717, 1.165) is 28.8 Å². The molecule has 4 aliphatic carbocycles. The van der Waals surface area contributed by atoms with Gasteiger partial charge in [-0.25, -0.2) is 13.1 Å². The van der Waals surface area contributed by atoms with Crippen LogP contribution in [-0.4, -0.2) is 27.4 Å². The minimum Gasteiger partial charge on any atom is -0.356 e. The van der Waals surface area contributed by atoms with Gasteiger partial charge in [-0.05, 0) is 86.0 Å². The van der Waals surface area contributed by atoms with E-state index in [1.807, 2.05) is 0 Å². The lowest BCUT2D eigenvalue weighted by atomic mass is 9.49. The first-order valence-corrected chi connectivity index (χ1v) is 12.1. The number of amides is 1. The van der Waals surface area contributed by atoms with Gasteiger partial charge < -0.3 is 5.32 Å². The smallest absolute Gasteiger partial charge is 0.240 e. The first-order valence-electron chi connectivity index (χ1n) is 9.86. The van der Waals surface area contributed by atoms with Crippen LogP contribution in [0.25, 0.3) is 0 Å². The average molecular weight is 455 g/mol. The standard InChI is InChI=1S/C20H27BrN2O3S/c21-17-1-3-18(4-2-17)27(25,26)23-6-5-19(24)22-13-20-10-14-7-15(11-20)9-16(8-14)12-20/h1-4,14-16,23H,5-13H2,(H,22,24). The Hall–Kier alpha value is -0.920. The zero-order valence-corrected chi connectivity index (χ0v) is 17.8. The molecule has 0 atom stereocenters. The first kappa shape index (κ1) is 19.4. The molecule has 4 fully saturated rings. The number of rotatable bonds is 7. The third-order valence-corrected chi connectivity index (χ3v) is 8.60. The van der Waals surface area contributed by atoms with Gasteiger partial charge in [-0.3, -0.25) is 4.79 Å². The molecule has 2 N–H and O–H groups in total. The van der Waals surface area contributed by atoms with Gasteiger partial charge in [-0.2, -0.15) is 0 Å². The van der Waals surface area contributed by atoms with Gasteiger partial charge in [0.05, 0.1) is 4.90 Å². The Bertz CT molecular complexity index is 772. The number of halogens is 1. The van der Waals surface area contributed by atoms with E-state index in [1.54, 1.807) is 24.3 Å². The molecule has 5 nitrogen and oxygen atoms in total. The molecule has 27 heavy (non-hydrogen) atoms. The summed E-state index contributed by atoms with van der Waals surface area (Å²) >= 11 is 3.29. The van der Waals surface area contributed by atoms with Crippen molar-refractivity contribution in [1.29, 1.82) is 0 Å². The highest BCUT2D eigenvalue weighted by molar-refractivity contribution is 9.10. The van der Waals surface area contributed by atoms with Gasteiger partial charge in [0.15, 0.2) is 0 Å². The molecule has 0 aliphatic heterocycles. The highest BCUT2D eigenvalue weighted by Gasteiger charge is 2.50. The van der Waals surface area contributed by atoms with E-state index in [9.17, 15) is 13.2 Å². The molecule has 1 aromatic rings. The SMILES string of the molecule is O=C(CCNS(=O)(=O)c1ccc(Br)cc1)NCC12CC3CC(CC(C3)C1)C2. The van der Waals surface area contributed by atoms with Crippen molar-refractivity contribution in [1.82, 2.24) is 10.0 Å². The monoisotopic (exact) mass is 454 g/mol. The Balaban J connectivity index is 1.24. The maximum atomic E-state index is 12.3. The molecule has 1 aromatic carbocycles. The van der Waals surface area contributed by atoms with Crippen LogP contribution < -0.4 is 10.0 Å². The molecule has 148 valence electrons. The Labute approximate surface area is 169 Å². The van der Waals surface area contributed by atoms with Crippen molar-refractivity contribution in [2.24, 2.45) is 23.2 Å². The molecule has 5 rings (SSSR count). The molecule has 0 heterocycles. The molecule has 0 aromatic heterocycles. The summed E-state index contributed by atoms with van der Waals surface area (Å²) in [6.07, 6.45) is 8.13. The predicted molar refractivity (Wildman–Crippen MR) is 108 cm³/mol. The second kappa shape index (κ2) is 7.48. The van der Waals surface area contributed by atoms with Gasteiger partial charge in [0.25, 0.3) is 0 Å². The van der Waals surface area contributed by atoms with Gasteiger partial charge in [0.2, 0.25) is 15.9 Å². The summed E-state index contributed by atoms with van der Waals surface area (Å²) in [6.45, 7) is 0.875. The van der Waals surface area contributed by atoms with Gasteiger partial charge in [-0.15, -0.1) is 0 Å². The third kappa shape index (κ3) is 4.40. The summed E-state index contributed by atoms with van der Waals surface area (Å²) in [7, 11) is -3.58. The van der Waals surface area contributed by atoms with Gasteiger partial charge in [-0.1, -0.05) is 15.9 Å². The summed E-state index contributed by atoms with van der Waals surface area (Å²) in [6, 6.07) is 6.46. The first-order chi connectivity index (χ1) is 12.8. The molecular weight excluding hydrogens is 428 g/mol. The minimum absolute atomic E-state index is 0.0655. The molecule has 0 spiro atoms. The summed E-state index contributed by atoms with van der Waals surface area (Å²) in [5.41, 5.74) is 0.307. The number of nitrogens with one attached hydrogen (secondary N) is 2. The Kier molecular flexibility index (Phi) is 5.38. The van der Waals surface area contributed by atoms with Crippen molar-refractivity contribution < 1.29 is 13.2 Å². The Morgan fingerprint density at radius 2 is 1.59 bits per heavy atom. The Morgan fingerprint density at radius 3 is 2.15 bits per heavy atom. The lowest BCUT2D eigenvalue weighted by molar-refractivity contribution is -0.123. The van der Waals surface area contributed by atoms with Crippen LogP contribution in [-0.2, 0) is 14.8 Å². The largest absolute Gasteiger partial charge is 0.356 e. The summed E-state index contributed by atoms with van der Waals surface area (Å²) in [5.74, 6) is 2.53. The number of hydrogen-bond donors (Lipinski definition) is 2. The normalized spacial score (nSPS) is 31.8. The molecule has 4 bridgehead atoms. The Morgan fingerprint density at radius 1 is 1.04 bits per heavy atom. The number of carbonyl (C=O) groups excluding carboxylic acids is 1. The summed E-state index contributed by atoms with van der Waals surface area (Å²) in [5, 5.41) is 3.09. The highest BCUT2D eigenvalue weighted by atomic mass is 79.9. The number of hydrogen-bond acceptors (Lipinski definition) is 3.